The van der Waals surface area contributed by atoms with E-state index in [0.717, 1.165) is 55.0 Å². The number of hydrogen-bond donors (Lipinski definition) is 6. The molecule has 2 atom stereocenters. The van der Waals surface area contributed by atoms with Crippen LogP contribution in [0, 0.1) is 0 Å². The van der Waals surface area contributed by atoms with E-state index in [2.05, 4.69) is 20.9 Å². The second-order valence-electron chi connectivity index (χ2n) is 8.71. The van der Waals surface area contributed by atoms with Crippen molar-refractivity contribution in [3.05, 3.63) is 36.0 Å². The summed E-state index contributed by atoms with van der Waals surface area (Å²) in [6.07, 6.45) is 8.07. The first-order valence-electron chi connectivity index (χ1n) is 12.3. The van der Waals surface area contributed by atoms with Crippen LogP contribution in [0.15, 0.2) is 30.5 Å². The second kappa shape index (κ2) is 15.1. The summed E-state index contributed by atoms with van der Waals surface area (Å²) in [6, 6.07) is 6.75. The molecule has 0 aliphatic rings. The zero-order valence-corrected chi connectivity index (χ0v) is 20.2. The van der Waals surface area contributed by atoms with Crippen molar-refractivity contribution < 1.29 is 14.4 Å². The number of H-pyrrole nitrogens is 1. The number of amides is 3. The Bertz CT molecular complexity index is 913. The van der Waals surface area contributed by atoms with Gasteiger partial charge in [-0.05, 0) is 50.8 Å². The van der Waals surface area contributed by atoms with E-state index in [-0.39, 0.29) is 24.1 Å². The van der Waals surface area contributed by atoms with E-state index in [1.54, 1.807) is 6.92 Å². The summed E-state index contributed by atoms with van der Waals surface area (Å²) in [6.45, 7) is 3.47. The van der Waals surface area contributed by atoms with Crippen LogP contribution in [0.2, 0.25) is 0 Å². The van der Waals surface area contributed by atoms with Crippen molar-refractivity contribution >= 4 is 28.6 Å². The third-order valence-electron chi connectivity index (χ3n) is 5.80. The number of carbonyl (C=O) groups excluding carboxylic acids is 3. The number of unbranched alkanes of at least 4 members (excludes halogenated alkanes) is 4. The maximum atomic E-state index is 12.4. The number of fused-ring (bicyclic) bond motifs is 1. The average Bonchev–Trinajstić information content (AvgIpc) is 3.23. The molecule has 8 N–H and O–H groups in total. The first-order chi connectivity index (χ1) is 16.4. The number of nitrogens with one attached hydrogen (secondary N) is 4. The normalized spacial score (nSPS) is 12.8. The van der Waals surface area contributed by atoms with E-state index in [0.29, 0.717) is 26.1 Å². The fourth-order valence-corrected chi connectivity index (χ4v) is 3.76. The van der Waals surface area contributed by atoms with E-state index >= 15 is 0 Å². The molecule has 0 fully saturated rings. The fraction of sp³-hybridized carbons (Fsp3) is 0.560. The van der Waals surface area contributed by atoms with Crippen LogP contribution in [-0.4, -0.2) is 54.4 Å². The lowest BCUT2D eigenvalue weighted by Gasteiger charge is -2.14. The minimum Gasteiger partial charge on any atom is -0.361 e. The Morgan fingerprint density at radius 3 is 2.32 bits per heavy atom. The van der Waals surface area contributed by atoms with Gasteiger partial charge in [0.2, 0.25) is 17.7 Å². The van der Waals surface area contributed by atoms with Crippen molar-refractivity contribution in [3.63, 3.8) is 0 Å². The molecule has 0 saturated carbocycles. The van der Waals surface area contributed by atoms with Crippen molar-refractivity contribution in [1.82, 2.24) is 20.9 Å². The predicted molar refractivity (Wildman–Crippen MR) is 135 cm³/mol. The SMILES string of the molecule is C[C@H](NC(=O)Cc1c[nH]c2ccccc12)C(=O)NCCCCCCNC(=O)[C@@H](N)CCCCN. The highest BCUT2D eigenvalue weighted by Crippen LogP contribution is 2.18. The molecule has 0 radical (unpaired) electrons. The van der Waals surface area contributed by atoms with E-state index in [4.69, 9.17) is 11.5 Å². The zero-order chi connectivity index (χ0) is 24.8. The lowest BCUT2D eigenvalue weighted by atomic mass is 10.1. The van der Waals surface area contributed by atoms with Crippen molar-refractivity contribution in [2.45, 2.75) is 70.4 Å². The smallest absolute Gasteiger partial charge is 0.242 e. The van der Waals surface area contributed by atoms with Gasteiger partial charge in [0, 0.05) is 30.2 Å². The van der Waals surface area contributed by atoms with Gasteiger partial charge in [-0.2, -0.15) is 0 Å². The van der Waals surface area contributed by atoms with Gasteiger partial charge in [-0.25, -0.2) is 0 Å². The average molecular weight is 473 g/mol. The monoisotopic (exact) mass is 472 g/mol. The molecule has 0 bridgehead atoms. The highest BCUT2D eigenvalue weighted by molar-refractivity contribution is 5.91. The van der Waals surface area contributed by atoms with Gasteiger partial charge in [-0.15, -0.1) is 0 Å². The Labute approximate surface area is 201 Å². The van der Waals surface area contributed by atoms with Crippen molar-refractivity contribution in [2.75, 3.05) is 19.6 Å². The Morgan fingerprint density at radius 2 is 1.62 bits per heavy atom. The maximum Gasteiger partial charge on any atom is 0.242 e. The number of para-hydroxylation sites is 1. The Hall–Kier alpha value is -2.91. The van der Waals surface area contributed by atoms with Gasteiger partial charge in [0.15, 0.2) is 0 Å². The Balaban J connectivity index is 1.52. The van der Waals surface area contributed by atoms with Crippen LogP contribution < -0.4 is 27.4 Å². The van der Waals surface area contributed by atoms with E-state index in [1.807, 2.05) is 30.5 Å². The van der Waals surface area contributed by atoms with Crippen LogP contribution in [0.5, 0.6) is 0 Å². The minimum absolute atomic E-state index is 0.106. The number of carbonyl (C=O) groups is 3. The second-order valence-corrected chi connectivity index (χ2v) is 8.71. The predicted octanol–water partition coefficient (Wildman–Crippen LogP) is 1.46. The van der Waals surface area contributed by atoms with Crippen LogP contribution in [0.4, 0.5) is 0 Å². The molecule has 9 heteroatoms. The number of nitrogens with two attached hydrogens (primary N) is 2. The third-order valence-corrected chi connectivity index (χ3v) is 5.80. The molecule has 0 aliphatic carbocycles. The first-order valence-corrected chi connectivity index (χ1v) is 12.3. The van der Waals surface area contributed by atoms with Gasteiger partial charge in [0.05, 0.1) is 12.5 Å². The lowest BCUT2D eigenvalue weighted by Crippen LogP contribution is -2.45. The van der Waals surface area contributed by atoms with Gasteiger partial charge in [-0.3, -0.25) is 14.4 Å². The van der Waals surface area contributed by atoms with Crippen molar-refractivity contribution in [1.29, 1.82) is 0 Å². The van der Waals surface area contributed by atoms with Crippen molar-refractivity contribution in [2.24, 2.45) is 11.5 Å². The zero-order valence-electron chi connectivity index (χ0n) is 20.2. The topological polar surface area (TPSA) is 155 Å². The first kappa shape index (κ1) is 27.3. The number of rotatable bonds is 16. The fourth-order valence-electron chi connectivity index (χ4n) is 3.76. The molecule has 1 heterocycles. The van der Waals surface area contributed by atoms with Gasteiger partial charge in [0.25, 0.3) is 0 Å². The van der Waals surface area contributed by atoms with Crippen molar-refractivity contribution in [3.8, 4) is 0 Å². The summed E-state index contributed by atoms with van der Waals surface area (Å²) in [5.41, 5.74) is 13.2. The molecular weight excluding hydrogens is 432 g/mol. The molecule has 34 heavy (non-hydrogen) atoms. The van der Waals surface area contributed by atoms with Gasteiger partial charge >= 0.3 is 0 Å². The van der Waals surface area contributed by atoms with Gasteiger partial charge < -0.3 is 32.4 Å². The molecule has 0 aliphatic heterocycles. The molecule has 3 amide bonds. The molecule has 9 nitrogen and oxygen atoms in total. The van der Waals surface area contributed by atoms with E-state index in [9.17, 15) is 14.4 Å². The highest BCUT2D eigenvalue weighted by Gasteiger charge is 2.16. The molecule has 2 rings (SSSR count). The minimum atomic E-state index is -0.595. The molecular formula is C25H40N6O3. The quantitative estimate of drug-likeness (QED) is 0.204. The molecule has 1 aromatic heterocycles. The molecule has 1 aromatic carbocycles. The number of aromatic amines is 1. The van der Waals surface area contributed by atoms with Gasteiger partial charge in [0.1, 0.15) is 6.04 Å². The van der Waals surface area contributed by atoms with Crippen LogP contribution >= 0.6 is 0 Å². The van der Waals surface area contributed by atoms with Crippen LogP contribution in [0.1, 0.15) is 57.4 Å². The molecule has 0 unspecified atom stereocenters. The molecule has 0 spiro atoms. The lowest BCUT2D eigenvalue weighted by molar-refractivity contribution is -0.128. The standard InChI is InChI=1S/C25H40N6O3/c1-18(31-23(32)16-19-17-30-22-12-5-4-10-20(19)22)24(33)28-14-8-2-3-9-15-29-25(34)21(27)11-6-7-13-26/h4-5,10,12,17-18,21,30H,2-3,6-9,11,13-16,26-27H2,1H3,(H,28,33)(H,29,34)(H,31,32)/t18-,21-/m0/s1. The summed E-state index contributed by atoms with van der Waals surface area (Å²) in [4.78, 5) is 39.7. The summed E-state index contributed by atoms with van der Waals surface area (Å²) >= 11 is 0. The van der Waals surface area contributed by atoms with E-state index < -0.39 is 12.1 Å². The van der Waals surface area contributed by atoms with Crippen LogP contribution in [-0.2, 0) is 20.8 Å². The third kappa shape index (κ3) is 9.52. The number of benzene rings is 1. The summed E-state index contributed by atoms with van der Waals surface area (Å²) in [5, 5.41) is 9.52. The summed E-state index contributed by atoms with van der Waals surface area (Å²) < 4.78 is 0. The van der Waals surface area contributed by atoms with Gasteiger partial charge in [-0.1, -0.05) is 37.5 Å². The summed E-state index contributed by atoms with van der Waals surface area (Å²) in [5.74, 6) is -0.485. The largest absolute Gasteiger partial charge is 0.361 e. The van der Waals surface area contributed by atoms with Crippen LogP contribution in [0.3, 0.4) is 0 Å². The number of aromatic nitrogens is 1. The Kier molecular flexibility index (Phi) is 12.1. The molecule has 0 saturated heterocycles. The summed E-state index contributed by atoms with van der Waals surface area (Å²) in [7, 11) is 0. The Morgan fingerprint density at radius 1 is 0.941 bits per heavy atom. The maximum absolute atomic E-state index is 12.4. The van der Waals surface area contributed by atoms with E-state index in [1.165, 1.54) is 0 Å². The number of hydrogen-bond acceptors (Lipinski definition) is 5. The van der Waals surface area contributed by atoms with Crippen LogP contribution in [0.25, 0.3) is 10.9 Å². The molecule has 188 valence electrons. The highest BCUT2D eigenvalue weighted by atomic mass is 16.2. The molecule has 2 aromatic rings.